The van der Waals surface area contributed by atoms with Gasteiger partial charge in [-0.25, -0.2) is 4.39 Å². The number of alkyl halides is 1. The summed E-state index contributed by atoms with van der Waals surface area (Å²) in [7, 11) is 1.60. The molecule has 4 rings (SSSR count). The van der Waals surface area contributed by atoms with Gasteiger partial charge in [0, 0.05) is 30.7 Å². The highest BCUT2D eigenvalue weighted by Gasteiger charge is 2.30. The molecule has 37 heavy (non-hydrogen) atoms. The van der Waals surface area contributed by atoms with Crippen molar-refractivity contribution in [3.05, 3.63) is 60.0 Å². The number of aromatic nitrogens is 3. The second-order valence-corrected chi connectivity index (χ2v) is 10.1. The van der Waals surface area contributed by atoms with Gasteiger partial charge < -0.3 is 14.7 Å². The molecule has 2 aromatic heterocycles. The fourth-order valence-electron chi connectivity index (χ4n) is 5.57. The summed E-state index contributed by atoms with van der Waals surface area (Å²) in [4.78, 5) is 18.1. The third-order valence-electron chi connectivity index (χ3n) is 7.65. The first-order valence-electron chi connectivity index (χ1n) is 13.3. The number of likely N-dealkylation sites (tertiary alicyclic amines) is 1. The lowest BCUT2D eigenvalue weighted by Crippen LogP contribution is -2.41. The molecule has 3 atom stereocenters. The molecule has 0 saturated carbocycles. The summed E-state index contributed by atoms with van der Waals surface area (Å²) < 4.78 is 20.9. The summed E-state index contributed by atoms with van der Waals surface area (Å²) in [5.74, 6) is 0.532. The lowest BCUT2D eigenvalue weighted by atomic mass is 9.79. The Bertz CT molecular complexity index is 1150. The number of halogens is 1. The summed E-state index contributed by atoms with van der Waals surface area (Å²) in [6.07, 6.45) is 10.2. The number of aliphatic carboxylic acids is 1. The zero-order valence-corrected chi connectivity index (χ0v) is 21.6. The normalized spacial score (nSPS) is 19.1. The van der Waals surface area contributed by atoms with Crippen LogP contribution in [0.1, 0.15) is 62.2 Å². The molecule has 198 valence electrons. The van der Waals surface area contributed by atoms with Gasteiger partial charge in [-0.15, -0.1) is 0 Å². The first-order chi connectivity index (χ1) is 18.0. The van der Waals surface area contributed by atoms with Crippen LogP contribution >= 0.6 is 0 Å². The van der Waals surface area contributed by atoms with Crippen LogP contribution in [0.25, 0.3) is 10.9 Å². The molecular formula is C29H37FN4O3. The van der Waals surface area contributed by atoms with Gasteiger partial charge in [0.1, 0.15) is 11.9 Å². The molecule has 0 aliphatic carbocycles. The predicted octanol–water partition coefficient (Wildman–Crippen LogP) is 5.65. The van der Waals surface area contributed by atoms with Crippen molar-refractivity contribution in [1.82, 2.24) is 20.1 Å². The number of ether oxygens (including phenoxy) is 1. The van der Waals surface area contributed by atoms with Gasteiger partial charge in [-0.3, -0.25) is 9.78 Å². The third-order valence-corrected chi connectivity index (χ3v) is 7.65. The van der Waals surface area contributed by atoms with Crippen LogP contribution in [0.15, 0.2) is 48.9 Å². The molecule has 8 heteroatoms. The monoisotopic (exact) mass is 508 g/mol. The van der Waals surface area contributed by atoms with Crippen molar-refractivity contribution in [2.45, 2.75) is 57.5 Å². The minimum absolute atomic E-state index is 0.165. The number of rotatable bonds is 13. The van der Waals surface area contributed by atoms with Gasteiger partial charge in [0.2, 0.25) is 0 Å². The molecule has 1 N–H and O–H groups in total. The number of aryl methyl sites for hydroxylation is 1. The van der Waals surface area contributed by atoms with Gasteiger partial charge in [-0.1, -0.05) is 0 Å². The maximum atomic E-state index is 15.5. The molecule has 0 radical (unpaired) electrons. The van der Waals surface area contributed by atoms with E-state index in [4.69, 9.17) is 4.74 Å². The number of unbranched alkanes of at least 4 members (excludes halogenated alkanes) is 1. The minimum atomic E-state index is -1.10. The average Bonchev–Trinajstić information content (AvgIpc) is 2.93. The zero-order chi connectivity index (χ0) is 26.0. The van der Waals surface area contributed by atoms with Crippen molar-refractivity contribution in [2.24, 2.45) is 11.8 Å². The summed E-state index contributed by atoms with van der Waals surface area (Å²) in [5.41, 5.74) is 2.61. The van der Waals surface area contributed by atoms with Crippen molar-refractivity contribution in [3.63, 3.8) is 0 Å². The number of hydrogen-bond acceptors (Lipinski definition) is 6. The SMILES string of the molecule is COc1ccc2nccc([C@@H](F)CCC3CCN(CCCCc4ccnnc4)CC3CCC(=O)O)c2c1. The number of carboxylic acid groups (broad SMARTS) is 1. The number of carbonyl (C=O) groups is 1. The number of pyridine rings is 1. The lowest BCUT2D eigenvalue weighted by molar-refractivity contribution is -0.137. The number of fused-ring (bicyclic) bond motifs is 1. The van der Waals surface area contributed by atoms with Crippen LogP contribution in [0.3, 0.4) is 0 Å². The molecule has 2 unspecified atom stereocenters. The van der Waals surface area contributed by atoms with E-state index >= 15 is 4.39 Å². The van der Waals surface area contributed by atoms with Gasteiger partial charge in [0.05, 0.1) is 18.8 Å². The van der Waals surface area contributed by atoms with E-state index in [9.17, 15) is 9.90 Å². The second kappa shape index (κ2) is 13.4. The highest BCUT2D eigenvalue weighted by atomic mass is 19.1. The van der Waals surface area contributed by atoms with E-state index in [-0.39, 0.29) is 12.3 Å². The van der Waals surface area contributed by atoms with E-state index in [1.54, 1.807) is 25.6 Å². The maximum Gasteiger partial charge on any atom is 0.303 e. The summed E-state index contributed by atoms with van der Waals surface area (Å²) in [5, 5.41) is 17.8. The Morgan fingerprint density at radius 3 is 2.84 bits per heavy atom. The van der Waals surface area contributed by atoms with E-state index in [0.717, 1.165) is 62.6 Å². The van der Waals surface area contributed by atoms with Gasteiger partial charge in [0.25, 0.3) is 0 Å². The number of nitrogens with zero attached hydrogens (tertiary/aromatic N) is 4. The smallest absolute Gasteiger partial charge is 0.303 e. The molecule has 7 nitrogen and oxygen atoms in total. The maximum absolute atomic E-state index is 15.5. The van der Waals surface area contributed by atoms with E-state index in [2.05, 4.69) is 20.1 Å². The Morgan fingerprint density at radius 2 is 2.05 bits per heavy atom. The molecule has 1 aliphatic rings. The van der Waals surface area contributed by atoms with Crippen LogP contribution in [0.4, 0.5) is 4.39 Å². The first kappa shape index (κ1) is 26.9. The number of methoxy groups -OCH3 is 1. The van der Waals surface area contributed by atoms with Crippen molar-refractivity contribution in [1.29, 1.82) is 0 Å². The summed E-state index contributed by atoms with van der Waals surface area (Å²) in [6.45, 7) is 2.88. The van der Waals surface area contributed by atoms with Gasteiger partial charge in [0.15, 0.2) is 0 Å². The van der Waals surface area contributed by atoms with Crippen LogP contribution in [0, 0.1) is 11.8 Å². The predicted molar refractivity (Wildman–Crippen MR) is 141 cm³/mol. The molecular weight excluding hydrogens is 471 g/mol. The molecule has 1 aliphatic heterocycles. The Hall–Kier alpha value is -3.13. The van der Waals surface area contributed by atoms with Gasteiger partial charge in [-0.2, -0.15) is 10.2 Å². The molecule has 0 amide bonds. The Labute approximate surface area is 218 Å². The molecule has 0 spiro atoms. The summed E-state index contributed by atoms with van der Waals surface area (Å²) in [6, 6.07) is 9.31. The second-order valence-electron chi connectivity index (χ2n) is 10.1. The van der Waals surface area contributed by atoms with Gasteiger partial charge in [-0.05, 0) is 111 Å². The molecule has 1 saturated heterocycles. The van der Waals surface area contributed by atoms with Crippen LogP contribution in [-0.4, -0.2) is 57.9 Å². The zero-order valence-electron chi connectivity index (χ0n) is 21.6. The van der Waals surface area contributed by atoms with Crippen molar-refractivity contribution < 1.29 is 19.0 Å². The van der Waals surface area contributed by atoms with Crippen LogP contribution in [0.5, 0.6) is 5.75 Å². The van der Waals surface area contributed by atoms with Crippen LogP contribution < -0.4 is 4.74 Å². The van der Waals surface area contributed by atoms with E-state index in [1.807, 2.05) is 30.5 Å². The molecule has 3 aromatic rings. The largest absolute Gasteiger partial charge is 0.497 e. The highest BCUT2D eigenvalue weighted by molar-refractivity contribution is 5.83. The topological polar surface area (TPSA) is 88.4 Å². The molecule has 3 heterocycles. The highest BCUT2D eigenvalue weighted by Crippen LogP contribution is 2.36. The number of benzene rings is 1. The van der Waals surface area contributed by atoms with E-state index in [1.165, 1.54) is 5.56 Å². The quantitative estimate of drug-likeness (QED) is 0.299. The summed E-state index contributed by atoms with van der Waals surface area (Å²) >= 11 is 0. The Morgan fingerprint density at radius 1 is 1.16 bits per heavy atom. The van der Waals surface area contributed by atoms with E-state index < -0.39 is 12.1 Å². The fraction of sp³-hybridized carbons (Fsp3) is 0.517. The average molecular weight is 509 g/mol. The number of hydrogen-bond donors (Lipinski definition) is 1. The Balaban J connectivity index is 1.32. The van der Waals surface area contributed by atoms with E-state index in [0.29, 0.717) is 30.1 Å². The van der Waals surface area contributed by atoms with Gasteiger partial charge >= 0.3 is 5.97 Å². The molecule has 1 fully saturated rings. The minimum Gasteiger partial charge on any atom is -0.497 e. The van der Waals surface area contributed by atoms with Crippen molar-refractivity contribution >= 4 is 16.9 Å². The number of carboxylic acids is 1. The third kappa shape index (κ3) is 7.68. The lowest BCUT2D eigenvalue weighted by Gasteiger charge is -2.39. The standard InChI is InChI=1S/C29H37FN4O3/c1-37-24-7-9-28-26(18-24)25(12-14-31-28)27(30)8-5-22-13-17-34(20-23(22)6-10-29(35)36)16-3-2-4-21-11-15-32-33-19-21/h7,9,11-12,14-15,18-19,22-23,27H,2-6,8,10,13,16-17,20H2,1H3,(H,35,36)/t22?,23?,27-/m0/s1. The fourth-order valence-corrected chi connectivity index (χ4v) is 5.57. The Kier molecular flexibility index (Phi) is 9.77. The van der Waals surface area contributed by atoms with Crippen molar-refractivity contribution in [2.75, 3.05) is 26.7 Å². The number of piperidine rings is 1. The molecule has 0 bridgehead atoms. The first-order valence-corrected chi connectivity index (χ1v) is 13.3. The van der Waals surface area contributed by atoms with Crippen LogP contribution in [-0.2, 0) is 11.2 Å². The molecule has 1 aromatic carbocycles. The van der Waals surface area contributed by atoms with Crippen LogP contribution in [0.2, 0.25) is 0 Å². The van der Waals surface area contributed by atoms with Crippen molar-refractivity contribution in [3.8, 4) is 5.75 Å².